The lowest BCUT2D eigenvalue weighted by Crippen LogP contribution is -2.38. The number of carboxylic acid groups (broad SMARTS) is 1. The average Bonchev–Trinajstić information content (AvgIpc) is 2.95. The van der Waals surface area contributed by atoms with Crippen molar-refractivity contribution >= 4 is 5.97 Å². The second-order valence-corrected chi connectivity index (χ2v) is 5.06. The molecule has 0 aliphatic heterocycles. The summed E-state index contributed by atoms with van der Waals surface area (Å²) in [6.07, 6.45) is 7.08. The fourth-order valence-corrected chi connectivity index (χ4v) is 3.21. The number of hydrogen-bond donors (Lipinski definition) is 1. The Morgan fingerprint density at radius 1 is 0.923 bits per heavy atom. The van der Waals surface area contributed by atoms with Crippen LogP contribution in [0.15, 0.2) is 0 Å². The van der Waals surface area contributed by atoms with Gasteiger partial charge in [-0.05, 0) is 56.3 Å². The Labute approximate surface area is 78.3 Å². The van der Waals surface area contributed by atoms with Gasteiger partial charge in [0, 0.05) is 0 Å². The smallest absolute Gasteiger partial charge is 0.310 e. The molecule has 0 aromatic heterocycles. The van der Waals surface area contributed by atoms with Crippen LogP contribution in [-0.4, -0.2) is 11.1 Å². The van der Waals surface area contributed by atoms with Gasteiger partial charge in [0.25, 0.3) is 0 Å². The SMILES string of the molecule is O=C(O)C(C1CC1)(C1CC1)C1CC1. The highest BCUT2D eigenvalue weighted by atomic mass is 16.4. The molecule has 0 saturated heterocycles. The Bertz CT molecular complexity index is 216. The maximum absolute atomic E-state index is 11.5. The first-order valence-electron chi connectivity index (χ1n) is 5.49. The van der Waals surface area contributed by atoms with Crippen LogP contribution in [-0.2, 0) is 4.79 Å². The van der Waals surface area contributed by atoms with E-state index in [9.17, 15) is 9.90 Å². The van der Waals surface area contributed by atoms with Crippen molar-refractivity contribution < 1.29 is 9.90 Å². The lowest BCUT2D eigenvalue weighted by atomic mass is 9.73. The summed E-state index contributed by atoms with van der Waals surface area (Å²) in [6.45, 7) is 0. The summed E-state index contributed by atoms with van der Waals surface area (Å²) < 4.78 is 0. The third-order valence-electron chi connectivity index (χ3n) is 4.13. The third-order valence-corrected chi connectivity index (χ3v) is 4.13. The summed E-state index contributed by atoms with van der Waals surface area (Å²) in [6, 6.07) is 0. The summed E-state index contributed by atoms with van der Waals surface area (Å²) in [4.78, 5) is 11.5. The van der Waals surface area contributed by atoms with E-state index in [1.54, 1.807) is 0 Å². The molecule has 0 atom stereocenters. The molecule has 72 valence electrons. The highest BCUT2D eigenvalue weighted by Gasteiger charge is 2.65. The molecule has 0 radical (unpaired) electrons. The van der Waals surface area contributed by atoms with E-state index >= 15 is 0 Å². The largest absolute Gasteiger partial charge is 0.481 e. The van der Waals surface area contributed by atoms with Gasteiger partial charge in [-0.3, -0.25) is 4.79 Å². The number of carboxylic acids is 1. The molecule has 0 heterocycles. The van der Waals surface area contributed by atoms with Gasteiger partial charge in [0.1, 0.15) is 0 Å². The predicted octanol–water partition coefficient (Wildman–Crippen LogP) is 2.29. The van der Waals surface area contributed by atoms with E-state index in [1.165, 1.54) is 38.5 Å². The number of rotatable bonds is 4. The van der Waals surface area contributed by atoms with Crippen LogP contribution in [0.3, 0.4) is 0 Å². The van der Waals surface area contributed by atoms with Crippen molar-refractivity contribution in [2.24, 2.45) is 23.2 Å². The van der Waals surface area contributed by atoms with E-state index in [0.717, 1.165) is 0 Å². The first-order valence-corrected chi connectivity index (χ1v) is 5.49. The number of carbonyl (C=O) groups is 1. The van der Waals surface area contributed by atoms with Crippen molar-refractivity contribution in [1.82, 2.24) is 0 Å². The fourth-order valence-electron chi connectivity index (χ4n) is 3.21. The Morgan fingerprint density at radius 3 is 1.38 bits per heavy atom. The zero-order valence-electron chi connectivity index (χ0n) is 7.83. The number of aliphatic carboxylic acids is 1. The summed E-state index contributed by atoms with van der Waals surface area (Å²) >= 11 is 0. The molecule has 1 N–H and O–H groups in total. The first kappa shape index (κ1) is 7.84. The van der Waals surface area contributed by atoms with Crippen molar-refractivity contribution in [3.63, 3.8) is 0 Å². The van der Waals surface area contributed by atoms with Gasteiger partial charge in [0.2, 0.25) is 0 Å². The quantitative estimate of drug-likeness (QED) is 0.720. The highest BCUT2D eigenvalue weighted by Crippen LogP contribution is 2.67. The van der Waals surface area contributed by atoms with E-state index in [-0.39, 0.29) is 5.41 Å². The fraction of sp³-hybridized carbons (Fsp3) is 0.909. The van der Waals surface area contributed by atoms with Gasteiger partial charge in [-0.15, -0.1) is 0 Å². The van der Waals surface area contributed by atoms with Crippen LogP contribution in [0.1, 0.15) is 38.5 Å². The van der Waals surface area contributed by atoms with Crippen LogP contribution >= 0.6 is 0 Å². The molecule has 3 aliphatic rings. The van der Waals surface area contributed by atoms with Crippen LogP contribution in [0.4, 0.5) is 0 Å². The van der Waals surface area contributed by atoms with Crippen LogP contribution in [0.5, 0.6) is 0 Å². The molecule has 0 bridgehead atoms. The maximum atomic E-state index is 11.5. The van der Waals surface area contributed by atoms with Crippen LogP contribution in [0, 0.1) is 23.2 Å². The zero-order valence-corrected chi connectivity index (χ0v) is 7.83. The lowest BCUT2D eigenvalue weighted by Gasteiger charge is -2.29. The highest BCUT2D eigenvalue weighted by molar-refractivity contribution is 5.77. The number of hydrogen-bond acceptors (Lipinski definition) is 1. The normalized spacial score (nSPS) is 28.9. The average molecular weight is 180 g/mol. The van der Waals surface area contributed by atoms with Gasteiger partial charge in [-0.2, -0.15) is 0 Å². The van der Waals surface area contributed by atoms with Crippen molar-refractivity contribution in [3.05, 3.63) is 0 Å². The summed E-state index contributed by atoms with van der Waals surface area (Å²) in [5.74, 6) is 1.17. The van der Waals surface area contributed by atoms with Gasteiger partial charge in [0.15, 0.2) is 0 Å². The lowest BCUT2D eigenvalue weighted by molar-refractivity contribution is -0.154. The molecular formula is C11H16O2. The molecule has 3 rings (SSSR count). The molecule has 13 heavy (non-hydrogen) atoms. The molecule has 0 spiro atoms. The van der Waals surface area contributed by atoms with Crippen molar-refractivity contribution in [1.29, 1.82) is 0 Å². The van der Waals surface area contributed by atoms with E-state index in [1.807, 2.05) is 0 Å². The monoisotopic (exact) mass is 180 g/mol. The minimum Gasteiger partial charge on any atom is -0.481 e. The van der Waals surface area contributed by atoms with E-state index in [0.29, 0.717) is 17.8 Å². The minimum atomic E-state index is -0.472. The Kier molecular flexibility index (Phi) is 1.38. The standard InChI is InChI=1S/C11H16O2/c12-10(13)11(7-1-2-7,8-3-4-8)9-5-6-9/h7-9H,1-6H2,(H,12,13). The van der Waals surface area contributed by atoms with Gasteiger partial charge in [0.05, 0.1) is 5.41 Å². The Morgan fingerprint density at radius 2 is 1.23 bits per heavy atom. The third kappa shape index (κ3) is 0.976. The van der Waals surface area contributed by atoms with Gasteiger partial charge in [-0.1, -0.05) is 0 Å². The summed E-state index contributed by atoms with van der Waals surface area (Å²) in [7, 11) is 0. The molecule has 0 aromatic rings. The Hall–Kier alpha value is -0.530. The summed E-state index contributed by atoms with van der Waals surface area (Å²) in [5, 5.41) is 9.46. The first-order chi connectivity index (χ1) is 6.26. The second kappa shape index (κ2) is 2.28. The maximum Gasteiger partial charge on any atom is 0.310 e. The molecule has 0 amide bonds. The molecular weight excluding hydrogens is 164 g/mol. The topological polar surface area (TPSA) is 37.3 Å². The van der Waals surface area contributed by atoms with Crippen molar-refractivity contribution in [2.45, 2.75) is 38.5 Å². The van der Waals surface area contributed by atoms with Crippen LogP contribution in [0.25, 0.3) is 0 Å². The predicted molar refractivity (Wildman–Crippen MR) is 48.2 cm³/mol. The minimum absolute atomic E-state index is 0.250. The Balaban J connectivity index is 1.94. The molecule has 2 heteroatoms. The zero-order chi connectivity index (χ0) is 9.05. The summed E-state index contributed by atoms with van der Waals surface area (Å²) in [5.41, 5.74) is -0.250. The molecule has 3 saturated carbocycles. The van der Waals surface area contributed by atoms with E-state index in [2.05, 4.69) is 0 Å². The van der Waals surface area contributed by atoms with Crippen LogP contribution < -0.4 is 0 Å². The molecule has 0 aromatic carbocycles. The second-order valence-electron chi connectivity index (χ2n) is 5.06. The van der Waals surface area contributed by atoms with Crippen molar-refractivity contribution in [3.8, 4) is 0 Å². The molecule has 0 unspecified atom stereocenters. The van der Waals surface area contributed by atoms with Gasteiger partial charge in [-0.25, -0.2) is 0 Å². The van der Waals surface area contributed by atoms with Crippen molar-refractivity contribution in [2.75, 3.05) is 0 Å². The molecule has 3 aliphatic carbocycles. The van der Waals surface area contributed by atoms with Gasteiger partial charge < -0.3 is 5.11 Å². The van der Waals surface area contributed by atoms with E-state index in [4.69, 9.17) is 0 Å². The van der Waals surface area contributed by atoms with Crippen LogP contribution in [0.2, 0.25) is 0 Å². The molecule has 2 nitrogen and oxygen atoms in total. The molecule has 3 fully saturated rings. The van der Waals surface area contributed by atoms with E-state index < -0.39 is 5.97 Å². The van der Waals surface area contributed by atoms with Gasteiger partial charge >= 0.3 is 5.97 Å².